The Morgan fingerprint density at radius 3 is 2.68 bits per heavy atom. The van der Waals surface area contributed by atoms with Gasteiger partial charge in [0.25, 0.3) is 0 Å². The van der Waals surface area contributed by atoms with Gasteiger partial charge in [-0.05, 0) is 7.05 Å². The molecule has 1 rings (SSSR count). The van der Waals surface area contributed by atoms with Crippen LogP contribution < -0.4 is 5.32 Å². The maximum Gasteiger partial charge on any atom is 0.107 e. The minimum Gasteiger partial charge on any atom is -0.383 e. The third-order valence-corrected chi connectivity index (χ3v) is 3.71. The lowest BCUT2D eigenvalue weighted by molar-refractivity contribution is 0.197. The molecular formula is C14H27N3OS. The Balaban J connectivity index is 2.28. The lowest BCUT2D eigenvalue weighted by atomic mass is 9.93. The molecule has 0 aliphatic carbocycles. The highest BCUT2D eigenvalue weighted by Crippen LogP contribution is 2.24. The highest BCUT2D eigenvalue weighted by atomic mass is 32.1. The summed E-state index contributed by atoms with van der Waals surface area (Å²) in [4.78, 5) is 7.01. The number of nitrogens with zero attached hydrogens (tertiary/aromatic N) is 2. The van der Waals surface area contributed by atoms with E-state index in [1.807, 2.05) is 0 Å². The van der Waals surface area contributed by atoms with Crippen LogP contribution in [0.3, 0.4) is 0 Å². The zero-order valence-corrected chi connectivity index (χ0v) is 13.6. The van der Waals surface area contributed by atoms with Crippen LogP contribution in [0.5, 0.6) is 0 Å². The monoisotopic (exact) mass is 285 g/mol. The minimum atomic E-state index is 0.148. The van der Waals surface area contributed by atoms with Crippen molar-refractivity contribution in [2.75, 3.05) is 40.4 Å². The molecule has 0 spiro atoms. The van der Waals surface area contributed by atoms with Gasteiger partial charge >= 0.3 is 0 Å². The molecule has 1 aromatic rings. The van der Waals surface area contributed by atoms with Crippen molar-refractivity contribution >= 4 is 11.3 Å². The molecule has 0 saturated carbocycles. The van der Waals surface area contributed by atoms with Crippen LogP contribution in [0.2, 0.25) is 0 Å². The van der Waals surface area contributed by atoms with Crippen LogP contribution in [0.15, 0.2) is 5.38 Å². The van der Waals surface area contributed by atoms with E-state index in [2.05, 4.69) is 43.4 Å². The van der Waals surface area contributed by atoms with E-state index in [-0.39, 0.29) is 5.41 Å². The van der Waals surface area contributed by atoms with Crippen LogP contribution in [0.4, 0.5) is 0 Å². The molecule has 0 fully saturated rings. The second kappa shape index (κ2) is 7.94. The molecule has 19 heavy (non-hydrogen) atoms. The molecule has 4 nitrogen and oxygen atoms in total. The summed E-state index contributed by atoms with van der Waals surface area (Å²) in [6, 6.07) is 0. The van der Waals surface area contributed by atoms with E-state index >= 15 is 0 Å². The van der Waals surface area contributed by atoms with Gasteiger partial charge in [0.05, 0.1) is 18.8 Å². The fraction of sp³-hybridized carbons (Fsp3) is 0.786. The van der Waals surface area contributed by atoms with Gasteiger partial charge in [-0.3, -0.25) is 4.90 Å². The van der Waals surface area contributed by atoms with E-state index in [0.717, 1.165) is 32.8 Å². The summed E-state index contributed by atoms with van der Waals surface area (Å²) in [7, 11) is 3.86. The summed E-state index contributed by atoms with van der Waals surface area (Å²) in [5.74, 6) is 0. The number of nitrogens with one attached hydrogen (secondary N) is 1. The maximum absolute atomic E-state index is 4.99. The van der Waals surface area contributed by atoms with Crippen LogP contribution >= 0.6 is 11.3 Å². The van der Waals surface area contributed by atoms with Crippen molar-refractivity contribution in [1.82, 2.24) is 15.2 Å². The topological polar surface area (TPSA) is 37.4 Å². The quantitative estimate of drug-likeness (QED) is 0.742. The minimum absolute atomic E-state index is 0.148. The second-order valence-corrected chi connectivity index (χ2v) is 6.80. The van der Waals surface area contributed by atoms with E-state index < -0.39 is 0 Å². The van der Waals surface area contributed by atoms with Gasteiger partial charge in [0.1, 0.15) is 5.01 Å². The van der Waals surface area contributed by atoms with Crippen LogP contribution in [0.1, 0.15) is 31.5 Å². The Kier molecular flexibility index (Phi) is 6.93. The van der Waals surface area contributed by atoms with Crippen LogP contribution in [-0.4, -0.2) is 50.3 Å². The lowest BCUT2D eigenvalue weighted by Gasteiger charge is -2.16. The highest BCUT2D eigenvalue weighted by Gasteiger charge is 2.17. The van der Waals surface area contributed by atoms with E-state index in [1.165, 1.54) is 10.7 Å². The number of thiazole rings is 1. The van der Waals surface area contributed by atoms with Crippen molar-refractivity contribution in [3.8, 4) is 0 Å². The molecule has 0 unspecified atom stereocenters. The van der Waals surface area contributed by atoms with Gasteiger partial charge < -0.3 is 10.1 Å². The first-order chi connectivity index (χ1) is 8.93. The molecule has 1 N–H and O–H groups in total. The number of rotatable bonds is 8. The molecule has 1 aromatic heterocycles. The van der Waals surface area contributed by atoms with E-state index in [9.17, 15) is 0 Å². The molecule has 1 heterocycles. The van der Waals surface area contributed by atoms with Crippen molar-refractivity contribution in [2.24, 2.45) is 0 Å². The zero-order valence-electron chi connectivity index (χ0n) is 12.8. The Morgan fingerprint density at radius 1 is 1.37 bits per heavy atom. The smallest absolute Gasteiger partial charge is 0.107 e. The van der Waals surface area contributed by atoms with E-state index in [0.29, 0.717) is 0 Å². The van der Waals surface area contributed by atoms with Crippen molar-refractivity contribution in [3.63, 3.8) is 0 Å². The molecule has 0 atom stereocenters. The molecule has 0 amide bonds. The highest BCUT2D eigenvalue weighted by molar-refractivity contribution is 7.09. The van der Waals surface area contributed by atoms with Crippen molar-refractivity contribution in [1.29, 1.82) is 0 Å². The largest absolute Gasteiger partial charge is 0.383 e. The number of methoxy groups -OCH3 is 1. The molecule has 0 aliphatic rings. The lowest BCUT2D eigenvalue weighted by Crippen LogP contribution is -2.30. The first kappa shape index (κ1) is 16.6. The van der Waals surface area contributed by atoms with Gasteiger partial charge in [-0.25, -0.2) is 4.98 Å². The third-order valence-electron chi connectivity index (χ3n) is 2.88. The Labute approximate surface area is 121 Å². The predicted octanol–water partition coefficient (Wildman–Crippen LogP) is 2.11. The number of hydrogen-bond acceptors (Lipinski definition) is 5. The van der Waals surface area contributed by atoms with Gasteiger partial charge in [-0.15, -0.1) is 11.3 Å². The summed E-state index contributed by atoms with van der Waals surface area (Å²) in [5.41, 5.74) is 1.34. The average Bonchev–Trinajstić information content (AvgIpc) is 2.77. The first-order valence-electron chi connectivity index (χ1n) is 6.76. The summed E-state index contributed by atoms with van der Waals surface area (Å²) in [6.07, 6.45) is 0. The normalized spacial score (nSPS) is 12.3. The molecule has 0 saturated heterocycles. The molecular weight excluding hydrogens is 258 g/mol. The Hall–Kier alpha value is -0.490. The molecule has 110 valence electrons. The standard InChI is InChI=1S/C14H27N3OS/c1-14(2,3)12-11-19-13(16-12)10-17(4)8-6-15-7-9-18-5/h11,15H,6-10H2,1-5H3. The number of ether oxygens (including phenoxy) is 1. The fourth-order valence-electron chi connectivity index (χ4n) is 1.61. The maximum atomic E-state index is 4.99. The average molecular weight is 285 g/mol. The van der Waals surface area contributed by atoms with Crippen molar-refractivity contribution < 1.29 is 4.74 Å². The number of likely N-dealkylation sites (N-methyl/N-ethyl adjacent to an activating group) is 1. The Morgan fingerprint density at radius 2 is 2.11 bits per heavy atom. The summed E-state index contributed by atoms with van der Waals surface area (Å²) in [5, 5.41) is 6.73. The Bertz CT molecular complexity index is 360. The van der Waals surface area contributed by atoms with Gasteiger partial charge in [-0.1, -0.05) is 20.8 Å². The van der Waals surface area contributed by atoms with Crippen LogP contribution in [-0.2, 0) is 16.7 Å². The second-order valence-electron chi connectivity index (χ2n) is 5.86. The molecule has 0 aromatic carbocycles. The van der Waals surface area contributed by atoms with Gasteiger partial charge in [-0.2, -0.15) is 0 Å². The third kappa shape index (κ3) is 6.47. The van der Waals surface area contributed by atoms with Gasteiger partial charge in [0.2, 0.25) is 0 Å². The molecule has 0 bridgehead atoms. The predicted molar refractivity (Wildman–Crippen MR) is 81.9 cm³/mol. The van der Waals surface area contributed by atoms with Crippen molar-refractivity contribution in [2.45, 2.75) is 32.7 Å². The molecule has 0 aliphatic heterocycles. The summed E-state index contributed by atoms with van der Waals surface area (Å²) in [6.45, 7) is 11.2. The zero-order chi connectivity index (χ0) is 14.3. The summed E-state index contributed by atoms with van der Waals surface area (Å²) < 4.78 is 4.99. The molecule has 5 heteroatoms. The van der Waals surface area contributed by atoms with E-state index in [4.69, 9.17) is 9.72 Å². The van der Waals surface area contributed by atoms with Crippen LogP contribution in [0.25, 0.3) is 0 Å². The van der Waals surface area contributed by atoms with Gasteiger partial charge in [0.15, 0.2) is 0 Å². The van der Waals surface area contributed by atoms with Crippen LogP contribution in [0, 0.1) is 0 Å². The van der Waals surface area contributed by atoms with Gasteiger partial charge in [0, 0.05) is 37.5 Å². The first-order valence-corrected chi connectivity index (χ1v) is 7.64. The number of hydrogen-bond donors (Lipinski definition) is 1. The van der Waals surface area contributed by atoms with Crippen molar-refractivity contribution in [3.05, 3.63) is 16.1 Å². The number of aromatic nitrogens is 1. The molecule has 0 radical (unpaired) electrons. The van der Waals surface area contributed by atoms with E-state index in [1.54, 1.807) is 18.4 Å². The SMILES string of the molecule is COCCNCCN(C)Cc1nc(C(C)(C)C)cs1. The fourth-order valence-corrected chi connectivity index (χ4v) is 2.71. The summed E-state index contributed by atoms with van der Waals surface area (Å²) >= 11 is 1.76.